The van der Waals surface area contributed by atoms with Gasteiger partial charge in [-0.05, 0) is 12.8 Å². The van der Waals surface area contributed by atoms with Gasteiger partial charge in [0, 0.05) is 25.4 Å². The van der Waals surface area contributed by atoms with Crippen LogP contribution in [0.1, 0.15) is 26.6 Å². The minimum absolute atomic E-state index is 0.129. The molecule has 0 bridgehead atoms. The van der Waals surface area contributed by atoms with Crippen LogP contribution in [0.15, 0.2) is 12.4 Å². The van der Waals surface area contributed by atoms with E-state index in [4.69, 9.17) is 5.11 Å². The van der Waals surface area contributed by atoms with Crippen LogP contribution in [0.5, 0.6) is 0 Å². The monoisotopic (exact) mass is 210 g/mol. The third-order valence-corrected chi connectivity index (χ3v) is 2.67. The van der Waals surface area contributed by atoms with E-state index in [1.54, 1.807) is 6.20 Å². The fourth-order valence-corrected chi connectivity index (χ4v) is 1.62. The molecule has 1 aromatic heterocycles. The molecule has 15 heavy (non-hydrogen) atoms. The van der Waals surface area contributed by atoms with Gasteiger partial charge in [0.1, 0.15) is 5.82 Å². The molecule has 1 heterocycles. The summed E-state index contributed by atoms with van der Waals surface area (Å²) in [5.74, 6) is -0.101. The van der Waals surface area contributed by atoms with Gasteiger partial charge >= 0.3 is 5.97 Å². The number of hydrogen-bond acceptors (Lipinski definition) is 2. The number of aryl methyl sites for hydroxylation is 1. The standard InChI is InChI=1S/C11H18N2O2/c1-4-13-6-5-12-10(13)7-9(8(2)3)11(14)15/h5-6,8-9H,4,7H2,1-3H3,(H,14,15). The van der Waals surface area contributed by atoms with Crippen molar-refractivity contribution in [3.8, 4) is 0 Å². The molecule has 4 nitrogen and oxygen atoms in total. The molecule has 0 aromatic carbocycles. The van der Waals surface area contributed by atoms with Crippen molar-refractivity contribution >= 4 is 5.97 Å². The van der Waals surface area contributed by atoms with E-state index in [0.717, 1.165) is 12.4 Å². The normalized spacial score (nSPS) is 13.1. The summed E-state index contributed by atoms with van der Waals surface area (Å²) < 4.78 is 1.98. The molecule has 0 aliphatic heterocycles. The van der Waals surface area contributed by atoms with E-state index in [1.165, 1.54) is 0 Å². The molecule has 1 aromatic rings. The maximum Gasteiger partial charge on any atom is 0.307 e. The highest BCUT2D eigenvalue weighted by atomic mass is 16.4. The van der Waals surface area contributed by atoms with Crippen LogP contribution in [0.3, 0.4) is 0 Å². The van der Waals surface area contributed by atoms with Gasteiger partial charge in [-0.2, -0.15) is 0 Å². The van der Waals surface area contributed by atoms with Crippen molar-refractivity contribution in [3.05, 3.63) is 18.2 Å². The molecular formula is C11H18N2O2. The number of imidazole rings is 1. The Morgan fingerprint density at radius 3 is 2.73 bits per heavy atom. The number of aliphatic carboxylic acids is 1. The lowest BCUT2D eigenvalue weighted by molar-refractivity contribution is -0.143. The summed E-state index contributed by atoms with van der Waals surface area (Å²) in [6, 6.07) is 0. The average molecular weight is 210 g/mol. The predicted octanol–water partition coefficient (Wildman–Crippen LogP) is 1.80. The summed E-state index contributed by atoms with van der Waals surface area (Å²) >= 11 is 0. The van der Waals surface area contributed by atoms with Gasteiger partial charge in [-0.15, -0.1) is 0 Å². The maximum atomic E-state index is 11.0. The Kier molecular flexibility index (Phi) is 3.88. The second-order valence-electron chi connectivity index (χ2n) is 4.02. The van der Waals surface area contributed by atoms with Crippen molar-refractivity contribution in [2.24, 2.45) is 11.8 Å². The van der Waals surface area contributed by atoms with Gasteiger partial charge in [-0.1, -0.05) is 13.8 Å². The van der Waals surface area contributed by atoms with Gasteiger partial charge in [0.15, 0.2) is 0 Å². The second kappa shape index (κ2) is 4.96. The SMILES string of the molecule is CCn1ccnc1CC(C(=O)O)C(C)C. The Morgan fingerprint density at radius 1 is 1.60 bits per heavy atom. The third kappa shape index (κ3) is 2.81. The molecule has 1 rings (SSSR count). The molecule has 1 unspecified atom stereocenters. The molecule has 0 fully saturated rings. The van der Waals surface area contributed by atoms with Crippen LogP contribution in [0.25, 0.3) is 0 Å². The van der Waals surface area contributed by atoms with Gasteiger partial charge in [-0.25, -0.2) is 4.98 Å². The number of carboxylic acids is 1. The summed E-state index contributed by atoms with van der Waals surface area (Å²) in [6.45, 7) is 6.71. The molecule has 0 saturated heterocycles. The van der Waals surface area contributed by atoms with Crippen molar-refractivity contribution in [1.82, 2.24) is 9.55 Å². The van der Waals surface area contributed by atoms with Gasteiger partial charge in [-0.3, -0.25) is 4.79 Å². The summed E-state index contributed by atoms with van der Waals surface area (Å²) in [5.41, 5.74) is 0. The van der Waals surface area contributed by atoms with E-state index in [-0.39, 0.29) is 11.8 Å². The van der Waals surface area contributed by atoms with Gasteiger partial charge in [0.05, 0.1) is 5.92 Å². The number of hydrogen-bond donors (Lipinski definition) is 1. The number of rotatable bonds is 5. The van der Waals surface area contributed by atoms with Crippen LogP contribution in [-0.4, -0.2) is 20.6 Å². The quantitative estimate of drug-likeness (QED) is 0.806. The first-order valence-electron chi connectivity index (χ1n) is 5.29. The van der Waals surface area contributed by atoms with Crippen molar-refractivity contribution in [1.29, 1.82) is 0 Å². The van der Waals surface area contributed by atoms with Crippen molar-refractivity contribution in [2.45, 2.75) is 33.7 Å². The molecule has 84 valence electrons. The van der Waals surface area contributed by atoms with Crippen LogP contribution >= 0.6 is 0 Å². The van der Waals surface area contributed by atoms with Crippen LogP contribution in [0, 0.1) is 11.8 Å². The maximum absolute atomic E-state index is 11.0. The van der Waals surface area contributed by atoms with Crippen LogP contribution in [0.2, 0.25) is 0 Å². The van der Waals surface area contributed by atoms with Crippen LogP contribution in [0.4, 0.5) is 0 Å². The van der Waals surface area contributed by atoms with Gasteiger partial charge in [0.25, 0.3) is 0 Å². The van der Waals surface area contributed by atoms with Gasteiger partial charge < -0.3 is 9.67 Å². The highest BCUT2D eigenvalue weighted by Gasteiger charge is 2.23. The topological polar surface area (TPSA) is 55.1 Å². The molecule has 0 spiro atoms. The summed E-state index contributed by atoms with van der Waals surface area (Å²) in [6.07, 6.45) is 4.11. The van der Waals surface area contributed by atoms with E-state index >= 15 is 0 Å². The number of aromatic nitrogens is 2. The molecule has 0 radical (unpaired) electrons. The molecule has 0 aliphatic carbocycles. The number of carbonyl (C=O) groups is 1. The largest absolute Gasteiger partial charge is 0.481 e. The first-order valence-corrected chi connectivity index (χ1v) is 5.29. The lowest BCUT2D eigenvalue weighted by Gasteiger charge is -2.16. The number of nitrogens with zero attached hydrogens (tertiary/aromatic N) is 2. The average Bonchev–Trinajstić information content (AvgIpc) is 2.59. The fourth-order valence-electron chi connectivity index (χ4n) is 1.62. The third-order valence-electron chi connectivity index (χ3n) is 2.67. The zero-order valence-corrected chi connectivity index (χ0v) is 9.47. The number of carboxylic acid groups (broad SMARTS) is 1. The zero-order chi connectivity index (χ0) is 11.4. The Bertz CT molecular complexity index is 331. The Morgan fingerprint density at radius 2 is 2.27 bits per heavy atom. The highest BCUT2D eigenvalue weighted by Crippen LogP contribution is 2.16. The van der Waals surface area contributed by atoms with Crippen molar-refractivity contribution < 1.29 is 9.90 Å². The molecule has 1 atom stereocenters. The van der Waals surface area contributed by atoms with Crippen LogP contribution in [-0.2, 0) is 17.8 Å². The molecule has 0 saturated carbocycles. The smallest absolute Gasteiger partial charge is 0.307 e. The summed E-state index contributed by atoms with van der Waals surface area (Å²) in [5, 5.41) is 9.07. The lowest BCUT2D eigenvalue weighted by Crippen LogP contribution is -2.23. The van der Waals surface area contributed by atoms with Crippen molar-refractivity contribution in [2.75, 3.05) is 0 Å². The first-order chi connectivity index (χ1) is 7.06. The van der Waals surface area contributed by atoms with Crippen molar-refractivity contribution in [3.63, 3.8) is 0 Å². The molecule has 4 heteroatoms. The van der Waals surface area contributed by atoms with E-state index in [1.807, 2.05) is 31.5 Å². The van der Waals surface area contributed by atoms with Gasteiger partial charge in [0.2, 0.25) is 0 Å². The second-order valence-corrected chi connectivity index (χ2v) is 4.02. The fraction of sp³-hybridized carbons (Fsp3) is 0.636. The van der Waals surface area contributed by atoms with E-state index < -0.39 is 5.97 Å². The van der Waals surface area contributed by atoms with E-state index in [2.05, 4.69) is 4.98 Å². The minimum atomic E-state index is -0.740. The summed E-state index contributed by atoms with van der Waals surface area (Å²) in [4.78, 5) is 15.2. The predicted molar refractivity (Wildman–Crippen MR) is 57.6 cm³/mol. The first kappa shape index (κ1) is 11.8. The molecular weight excluding hydrogens is 192 g/mol. The Hall–Kier alpha value is -1.32. The Balaban J connectivity index is 2.78. The van der Waals surface area contributed by atoms with Crippen LogP contribution < -0.4 is 0 Å². The van der Waals surface area contributed by atoms with E-state index in [9.17, 15) is 4.79 Å². The Labute approximate surface area is 89.9 Å². The zero-order valence-electron chi connectivity index (χ0n) is 9.47. The lowest BCUT2D eigenvalue weighted by atomic mass is 9.92. The molecule has 0 amide bonds. The minimum Gasteiger partial charge on any atom is -0.481 e. The highest BCUT2D eigenvalue weighted by molar-refractivity contribution is 5.70. The summed E-state index contributed by atoms with van der Waals surface area (Å²) in [7, 11) is 0. The molecule has 0 aliphatic rings. The molecule has 1 N–H and O–H groups in total. The van der Waals surface area contributed by atoms with E-state index in [0.29, 0.717) is 6.42 Å².